The second kappa shape index (κ2) is 16.0. The first kappa shape index (κ1) is 38.2. The maximum Gasteiger partial charge on any atom is 0.306 e. The van der Waals surface area contributed by atoms with Crippen LogP contribution in [-0.4, -0.2) is 89.1 Å². The van der Waals surface area contributed by atoms with Crippen molar-refractivity contribution in [2.75, 3.05) is 31.5 Å². The standard InChI is InChI=1S/C40H47Cl2N7O5/c1-23(50)19-48-16-14-32-30(21-48)43-37(46(32)2)34(51)18-26-6-4-7-27(35(26)41)28-8-5-9-29(36(28)42)45-39(52)38-44-31-22-49(17-15-33(31)47(38)3)20-24-10-12-25(13-11-24)40(53)54/h4-9,23-25,50H,10-22H2,1-3H3,(H,45,52)(H,53,54)/t23-,24?,25?/m0/s1. The third-order valence-corrected chi connectivity index (χ3v) is 12.2. The molecule has 4 aromatic rings. The van der Waals surface area contributed by atoms with E-state index in [0.717, 1.165) is 80.9 Å². The topological polar surface area (TPSA) is 146 Å². The number of aliphatic hydroxyl groups is 1. The molecule has 0 bridgehead atoms. The number of carbonyl (C=O) groups is 3. The highest BCUT2D eigenvalue weighted by atomic mass is 35.5. The number of carbonyl (C=O) groups excluding carboxylic acids is 2. The minimum absolute atomic E-state index is 0.0505. The number of Topliss-reactive ketones (excluding diaryl/α,β-unsaturated/α-hetero) is 1. The number of aliphatic carboxylic acids is 1. The van der Waals surface area contributed by atoms with Crippen LogP contribution in [0.25, 0.3) is 11.1 Å². The fourth-order valence-electron chi connectivity index (χ4n) is 8.45. The number of aromatic nitrogens is 4. The van der Waals surface area contributed by atoms with E-state index in [9.17, 15) is 24.6 Å². The predicted molar refractivity (Wildman–Crippen MR) is 207 cm³/mol. The number of β-amino-alcohol motifs (C(OH)–C–C–N with tert-alkyl or cyclic N) is 1. The van der Waals surface area contributed by atoms with E-state index in [-0.39, 0.29) is 24.0 Å². The highest BCUT2D eigenvalue weighted by Gasteiger charge is 2.31. The minimum Gasteiger partial charge on any atom is -0.481 e. The number of anilines is 1. The molecule has 2 aromatic heterocycles. The summed E-state index contributed by atoms with van der Waals surface area (Å²) < 4.78 is 3.74. The Morgan fingerprint density at radius 1 is 0.852 bits per heavy atom. The first-order valence-corrected chi connectivity index (χ1v) is 19.5. The van der Waals surface area contributed by atoms with E-state index in [4.69, 9.17) is 33.2 Å². The van der Waals surface area contributed by atoms with Gasteiger partial charge in [0.25, 0.3) is 5.91 Å². The molecule has 4 heterocycles. The lowest BCUT2D eigenvalue weighted by Gasteiger charge is -2.33. The van der Waals surface area contributed by atoms with Crippen LogP contribution in [0.1, 0.15) is 82.2 Å². The molecule has 0 spiro atoms. The van der Waals surface area contributed by atoms with Crippen molar-refractivity contribution in [3.63, 3.8) is 0 Å². The molecular weight excluding hydrogens is 729 g/mol. The normalized spacial score (nSPS) is 19.6. The number of benzene rings is 2. The van der Waals surface area contributed by atoms with Gasteiger partial charge in [0, 0.05) is 95.1 Å². The number of amides is 1. The molecule has 2 aromatic carbocycles. The number of carboxylic acid groups (broad SMARTS) is 1. The highest BCUT2D eigenvalue weighted by Crippen LogP contribution is 2.39. The number of halogens is 2. The van der Waals surface area contributed by atoms with E-state index in [0.29, 0.717) is 69.6 Å². The number of rotatable bonds is 11. The van der Waals surface area contributed by atoms with Crippen LogP contribution >= 0.6 is 23.2 Å². The lowest BCUT2D eigenvalue weighted by atomic mass is 9.81. The molecule has 1 atom stereocenters. The maximum atomic E-state index is 13.7. The second-order valence-electron chi connectivity index (χ2n) is 15.2. The number of hydrogen-bond donors (Lipinski definition) is 3. The van der Waals surface area contributed by atoms with Crippen molar-refractivity contribution >= 4 is 46.5 Å². The van der Waals surface area contributed by atoms with Gasteiger partial charge in [0.2, 0.25) is 5.78 Å². The van der Waals surface area contributed by atoms with E-state index in [2.05, 4.69) is 15.1 Å². The number of carboxylic acids is 1. The van der Waals surface area contributed by atoms with Gasteiger partial charge in [-0.25, -0.2) is 9.97 Å². The van der Waals surface area contributed by atoms with E-state index < -0.39 is 12.1 Å². The summed E-state index contributed by atoms with van der Waals surface area (Å²) in [5.41, 5.74) is 6.13. The summed E-state index contributed by atoms with van der Waals surface area (Å²) in [6.45, 7) is 6.11. The second-order valence-corrected chi connectivity index (χ2v) is 15.9. The number of nitrogens with zero attached hydrogens (tertiary/aromatic N) is 6. The van der Waals surface area contributed by atoms with E-state index in [1.54, 1.807) is 19.1 Å². The molecule has 2 aliphatic heterocycles. The highest BCUT2D eigenvalue weighted by molar-refractivity contribution is 6.39. The molecule has 1 amide bonds. The number of imidazole rings is 2. The largest absolute Gasteiger partial charge is 0.481 e. The Labute approximate surface area is 325 Å². The van der Waals surface area contributed by atoms with Crippen molar-refractivity contribution in [1.29, 1.82) is 0 Å². The molecule has 12 nitrogen and oxygen atoms in total. The molecule has 1 fully saturated rings. The van der Waals surface area contributed by atoms with Crippen molar-refractivity contribution in [1.82, 2.24) is 28.9 Å². The SMILES string of the molecule is C[C@H](O)CN1CCc2c(nc(C(=O)Cc3cccc(-c4cccc(NC(=O)c5nc6c(n5C)CCN(CC5CCC(C(=O)O)CC5)C6)c4Cl)c3Cl)n2C)C1. The Morgan fingerprint density at radius 3 is 2.11 bits per heavy atom. The molecule has 3 N–H and O–H groups in total. The molecule has 1 saturated carbocycles. The average Bonchev–Trinajstić information content (AvgIpc) is 3.65. The van der Waals surface area contributed by atoms with Crippen LogP contribution in [0, 0.1) is 11.8 Å². The zero-order valence-electron chi connectivity index (χ0n) is 30.9. The minimum atomic E-state index is -0.687. The molecule has 0 saturated heterocycles. The Kier molecular flexibility index (Phi) is 11.3. The van der Waals surface area contributed by atoms with Gasteiger partial charge in [-0.2, -0.15) is 0 Å². The van der Waals surface area contributed by atoms with Crippen LogP contribution in [0.2, 0.25) is 10.0 Å². The summed E-state index contributed by atoms with van der Waals surface area (Å²) in [6.07, 6.45) is 4.43. The summed E-state index contributed by atoms with van der Waals surface area (Å²) in [4.78, 5) is 52.7. The molecule has 1 aliphatic carbocycles. The Morgan fingerprint density at radius 2 is 1.44 bits per heavy atom. The van der Waals surface area contributed by atoms with Gasteiger partial charge in [-0.3, -0.25) is 24.2 Å². The zero-order chi connectivity index (χ0) is 38.3. The van der Waals surface area contributed by atoms with Gasteiger partial charge >= 0.3 is 5.97 Å². The molecular formula is C40H47Cl2N7O5. The van der Waals surface area contributed by atoms with Gasteiger partial charge < -0.3 is 24.7 Å². The number of fused-ring (bicyclic) bond motifs is 2. The van der Waals surface area contributed by atoms with Gasteiger partial charge in [0.15, 0.2) is 11.6 Å². The van der Waals surface area contributed by atoms with Crippen molar-refractivity contribution in [3.8, 4) is 11.1 Å². The van der Waals surface area contributed by atoms with Gasteiger partial charge in [-0.15, -0.1) is 0 Å². The Hall–Kier alpha value is -4.07. The first-order chi connectivity index (χ1) is 25.9. The Bertz CT molecular complexity index is 2080. The van der Waals surface area contributed by atoms with Gasteiger partial charge in [0.1, 0.15) is 0 Å². The maximum absolute atomic E-state index is 13.7. The van der Waals surface area contributed by atoms with Crippen molar-refractivity contribution in [3.05, 3.63) is 86.4 Å². The summed E-state index contributed by atoms with van der Waals surface area (Å²) in [7, 11) is 3.73. The number of ketones is 1. The van der Waals surface area contributed by atoms with E-state index >= 15 is 0 Å². The fourth-order valence-corrected chi connectivity index (χ4v) is 9.02. The lowest BCUT2D eigenvalue weighted by molar-refractivity contribution is -0.143. The lowest BCUT2D eigenvalue weighted by Crippen LogP contribution is -2.36. The predicted octanol–water partition coefficient (Wildman–Crippen LogP) is 5.79. The third kappa shape index (κ3) is 7.85. The van der Waals surface area contributed by atoms with Crippen LogP contribution in [0.15, 0.2) is 36.4 Å². The first-order valence-electron chi connectivity index (χ1n) is 18.7. The quantitative estimate of drug-likeness (QED) is 0.161. The van der Waals surface area contributed by atoms with Crippen LogP contribution in [0.4, 0.5) is 5.69 Å². The summed E-state index contributed by atoms with van der Waals surface area (Å²) >= 11 is 13.9. The number of nitrogens with one attached hydrogen (secondary N) is 1. The molecule has 0 radical (unpaired) electrons. The molecule has 0 unspecified atom stereocenters. The third-order valence-electron chi connectivity index (χ3n) is 11.3. The average molecular weight is 777 g/mol. The molecule has 54 heavy (non-hydrogen) atoms. The van der Waals surface area contributed by atoms with Gasteiger partial charge in [0.05, 0.1) is 39.1 Å². The smallest absolute Gasteiger partial charge is 0.306 e. The molecule has 14 heteroatoms. The van der Waals surface area contributed by atoms with Crippen LogP contribution < -0.4 is 5.32 Å². The summed E-state index contributed by atoms with van der Waals surface area (Å²) in [5.74, 6) is -0.282. The van der Waals surface area contributed by atoms with Crippen LogP contribution in [-0.2, 0) is 51.2 Å². The van der Waals surface area contributed by atoms with Crippen LogP contribution in [0.3, 0.4) is 0 Å². The fraction of sp³-hybridized carbons (Fsp3) is 0.475. The summed E-state index contributed by atoms with van der Waals surface area (Å²) in [6, 6.07) is 10.9. The van der Waals surface area contributed by atoms with Crippen molar-refractivity contribution < 1.29 is 24.6 Å². The molecule has 3 aliphatic rings. The van der Waals surface area contributed by atoms with Gasteiger partial charge in [-0.05, 0) is 50.2 Å². The zero-order valence-corrected chi connectivity index (χ0v) is 32.5. The van der Waals surface area contributed by atoms with Crippen molar-refractivity contribution in [2.45, 2.75) is 71.1 Å². The number of aliphatic hydroxyl groups excluding tert-OH is 1. The van der Waals surface area contributed by atoms with E-state index in [1.165, 1.54) is 0 Å². The van der Waals surface area contributed by atoms with Gasteiger partial charge in [-0.1, -0.05) is 53.5 Å². The molecule has 7 rings (SSSR count). The summed E-state index contributed by atoms with van der Waals surface area (Å²) in [5, 5.41) is 22.9. The number of hydrogen-bond acceptors (Lipinski definition) is 8. The molecule has 286 valence electrons. The van der Waals surface area contributed by atoms with Crippen molar-refractivity contribution in [2.24, 2.45) is 25.9 Å². The van der Waals surface area contributed by atoms with Crippen LogP contribution in [0.5, 0.6) is 0 Å². The van der Waals surface area contributed by atoms with E-state index in [1.807, 2.05) is 47.5 Å². The Balaban J connectivity index is 1.03. The monoisotopic (exact) mass is 775 g/mol.